The molecule has 0 radical (unpaired) electrons. The molecule has 0 saturated carbocycles. The second-order valence-electron chi connectivity index (χ2n) is 8.28. The SMILES string of the molecule is CCCCN=C1CCc2ncc(C3C=C4CCNC(=O)C4=CC3(C)C)n2N1. The van der Waals surface area contributed by atoms with Gasteiger partial charge in [-0.25, -0.2) is 9.66 Å². The summed E-state index contributed by atoms with van der Waals surface area (Å²) in [6.45, 7) is 8.16. The summed E-state index contributed by atoms with van der Waals surface area (Å²) in [4.78, 5) is 21.6. The standard InChI is InChI=1S/C21H29N5O/c1-4-5-9-22-18-6-7-19-24-13-17(26(19)25-18)16-11-14-8-10-23-20(27)15(14)12-21(16,2)3/h11-13,16H,4-10H2,1-3H3,(H,22,25)(H,23,27). The predicted molar refractivity (Wildman–Crippen MR) is 107 cm³/mol. The molecule has 3 heterocycles. The first kappa shape index (κ1) is 18.0. The number of unbranched alkanes of at least 4 members (excludes halogenated alkanes) is 1. The quantitative estimate of drug-likeness (QED) is 0.804. The highest BCUT2D eigenvalue weighted by molar-refractivity contribution is 5.99. The summed E-state index contributed by atoms with van der Waals surface area (Å²) in [7, 11) is 0. The van der Waals surface area contributed by atoms with Crippen molar-refractivity contribution in [2.45, 2.75) is 58.8 Å². The van der Waals surface area contributed by atoms with Crippen molar-refractivity contribution >= 4 is 11.7 Å². The van der Waals surface area contributed by atoms with E-state index in [1.54, 1.807) is 0 Å². The van der Waals surface area contributed by atoms with Gasteiger partial charge in [0.2, 0.25) is 0 Å². The molecule has 1 aromatic heterocycles. The van der Waals surface area contributed by atoms with Gasteiger partial charge in [-0.3, -0.25) is 15.2 Å². The van der Waals surface area contributed by atoms with E-state index < -0.39 is 0 Å². The second kappa shape index (κ2) is 6.98. The molecule has 0 aromatic carbocycles. The predicted octanol–water partition coefficient (Wildman–Crippen LogP) is 3.07. The van der Waals surface area contributed by atoms with Gasteiger partial charge in [-0.1, -0.05) is 39.3 Å². The Hall–Kier alpha value is -2.37. The number of amides is 1. The molecule has 6 nitrogen and oxygen atoms in total. The van der Waals surface area contributed by atoms with E-state index >= 15 is 0 Å². The van der Waals surface area contributed by atoms with Crippen molar-refractivity contribution in [3.63, 3.8) is 0 Å². The minimum atomic E-state index is -0.164. The third kappa shape index (κ3) is 3.33. The zero-order valence-electron chi connectivity index (χ0n) is 16.5. The Labute approximate surface area is 160 Å². The normalized spacial score (nSPS) is 25.1. The molecule has 1 saturated heterocycles. The molecule has 0 bridgehead atoms. The van der Waals surface area contributed by atoms with Crippen molar-refractivity contribution in [2.75, 3.05) is 18.5 Å². The zero-order chi connectivity index (χ0) is 19.0. The molecule has 4 rings (SSSR count). The molecule has 144 valence electrons. The Balaban J connectivity index is 1.65. The number of fused-ring (bicyclic) bond motifs is 2. The minimum absolute atomic E-state index is 0.0535. The van der Waals surface area contributed by atoms with E-state index in [2.05, 4.69) is 53.3 Å². The van der Waals surface area contributed by atoms with Crippen LogP contribution < -0.4 is 10.7 Å². The average molecular weight is 367 g/mol. The van der Waals surface area contributed by atoms with Gasteiger partial charge < -0.3 is 5.32 Å². The number of amidine groups is 1. The topological polar surface area (TPSA) is 71.3 Å². The van der Waals surface area contributed by atoms with Gasteiger partial charge in [0.05, 0.1) is 11.9 Å². The summed E-state index contributed by atoms with van der Waals surface area (Å²) in [5.41, 5.74) is 6.48. The number of allylic oxidation sites excluding steroid dienone is 2. The van der Waals surface area contributed by atoms with Crippen molar-refractivity contribution in [2.24, 2.45) is 10.4 Å². The lowest BCUT2D eigenvalue weighted by Crippen LogP contribution is -2.38. The van der Waals surface area contributed by atoms with E-state index in [0.717, 1.165) is 67.1 Å². The van der Waals surface area contributed by atoms with Gasteiger partial charge in [0, 0.05) is 37.4 Å². The molecule has 1 amide bonds. The molecule has 2 aliphatic heterocycles. The summed E-state index contributed by atoms with van der Waals surface area (Å²) in [6.07, 6.45) is 11.4. The number of nitrogens with zero attached hydrogens (tertiary/aromatic N) is 3. The van der Waals surface area contributed by atoms with Crippen molar-refractivity contribution in [3.8, 4) is 0 Å². The van der Waals surface area contributed by atoms with Crippen LogP contribution in [0.4, 0.5) is 0 Å². The van der Waals surface area contributed by atoms with Crippen molar-refractivity contribution in [3.05, 3.63) is 41.0 Å². The maximum absolute atomic E-state index is 12.2. The first-order valence-corrected chi connectivity index (χ1v) is 10.1. The maximum atomic E-state index is 12.2. The van der Waals surface area contributed by atoms with E-state index in [0.29, 0.717) is 6.54 Å². The number of aromatic nitrogens is 2. The van der Waals surface area contributed by atoms with Crippen molar-refractivity contribution < 1.29 is 4.79 Å². The summed E-state index contributed by atoms with van der Waals surface area (Å²) >= 11 is 0. The van der Waals surface area contributed by atoms with Crippen LogP contribution >= 0.6 is 0 Å². The Morgan fingerprint density at radius 1 is 1.33 bits per heavy atom. The molecule has 6 heteroatoms. The largest absolute Gasteiger partial charge is 0.352 e. The highest BCUT2D eigenvalue weighted by atomic mass is 16.1. The van der Waals surface area contributed by atoms with Crippen LogP contribution in [-0.4, -0.2) is 34.5 Å². The third-order valence-electron chi connectivity index (χ3n) is 5.78. The van der Waals surface area contributed by atoms with Crippen LogP contribution in [-0.2, 0) is 11.2 Å². The highest BCUT2D eigenvalue weighted by Gasteiger charge is 2.38. The summed E-state index contributed by atoms with van der Waals surface area (Å²) in [5, 5.41) is 2.95. The van der Waals surface area contributed by atoms with Crippen LogP contribution in [0.2, 0.25) is 0 Å². The Bertz CT molecular complexity index is 843. The first-order valence-electron chi connectivity index (χ1n) is 10.1. The number of rotatable bonds is 4. The first-order chi connectivity index (χ1) is 13.0. The zero-order valence-corrected chi connectivity index (χ0v) is 16.5. The third-order valence-corrected chi connectivity index (χ3v) is 5.78. The van der Waals surface area contributed by atoms with Crippen molar-refractivity contribution in [1.29, 1.82) is 0 Å². The molecule has 2 N–H and O–H groups in total. The molecule has 1 atom stereocenters. The van der Waals surface area contributed by atoms with Gasteiger partial charge >= 0.3 is 0 Å². The van der Waals surface area contributed by atoms with E-state index in [1.807, 2.05) is 6.20 Å². The lowest BCUT2D eigenvalue weighted by molar-refractivity contribution is -0.117. The molecule has 1 aromatic rings. The second-order valence-corrected chi connectivity index (χ2v) is 8.28. The van der Waals surface area contributed by atoms with Gasteiger partial charge in [-0.05, 0) is 23.8 Å². The molecular weight excluding hydrogens is 338 g/mol. The fraction of sp³-hybridized carbons (Fsp3) is 0.571. The summed E-state index contributed by atoms with van der Waals surface area (Å²) in [6, 6.07) is 0. The van der Waals surface area contributed by atoms with Crippen LogP contribution in [0.3, 0.4) is 0 Å². The van der Waals surface area contributed by atoms with Gasteiger partial charge in [0.25, 0.3) is 5.91 Å². The summed E-state index contributed by atoms with van der Waals surface area (Å²) < 4.78 is 2.12. The lowest BCUT2D eigenvalue weighted by atomic mass is 9.69. The van der Waals surface area contributed by atoms with Crippen LogP contribution in [0, 0.1) is 5.41 Å². The van der Waals surface area contributed by atoms with Crippen LogP contribution in [0.5, 0.6) is 0 Å². The number of aliphatic imine (C=N–C) groups is 1. The van der Waals surface area contributed by atoms with E-state index in [9.17, 15) is 4.79 Å². The van der Waals surface area contributed by atoms with Gasteiger partial charge in [0.15, 0.2) is 0 Å². The van der Waals surface area contributed by atoms with Gasteiger partial charge in [-0.2, -0.15) is 0 Å². The fourth-order valence-electron chi connectivity index (χ4n) is 4.19. The van der Waals surface area contributed by atoms with Crippen LogP contribution in [0.1, 0.15) is 63.9 Å². The van der Waals surface area contributed by atoms with E-state index in [1.165, 1.54) is 0 Å². The monoisotopic (exact) mass is 367 g/mol. The fourth-order valence-corrected chi connectivity index (χ4v) is 4.19. The molecule has 1 unspecified atom stereocenters. The van der Waals surface area contributed by atoms with Crippen LogP contribution in [0.25, 0.3) is 0 Å². The number of carbonyl (C=O) groups is 1. The highest BCUT2D eigenvalue weighted by Crippen LogP contribution is 2.45. The van der Waals surface area contributed by atoms with Gasteiger partial charge in [0.1, 0.15) is 11.7 Å². The Morgan fingerprint density at radius 3 is 3.00 bits per heavy atom. The van der Waals surface area contributed by atoms with Crippen molar-refractivity contribution in [1.82, 2.24) is 15.0 Å². The van der Waals surface area contributed by atoms with Gasteiger partial charge in [-0.15, -0.1) is 0 Å². The molecular formula is C21H29N5O. The smallest absolute Gasteiger partial charge is 0.251 e. The number of nitrogens with one attached hydrogen (secondary N) is 2. The lowest BCUT2D eigenvalue weighted by Gasteiger charge is -2.37. The van der Waals surface area contributed by atoms with Crippen LogP contribution in [0.15, 0.2) is 34.5 Å². The molecule has 1 fully saturated rings. The molecule has 0 spiro atoms. The Kier molecular flexibility index (Phi) is 4.66. The molecule has 27 heavy (non-hydrogen) atoms. The number of hydrogen-bond acceptors (Lipinski definition) is 3. The van der Waals surface area contributed by atoms with E-state index in [4.69, 9.17) is 4.99 Å². The number of imidazole rings is 1. The molecule has 3 aliphatic rings. The number of piperidine rings is 1. The van der Waals surface area contributed by atoms with E-state index in [-0.39, 0.29) is 17.2 Å². The number of aryl methyl sites for hydroxylation is 1. The average Bonchev–Trinajstić information content (AvgIpc) is 3.05. The summed E-state index contributed by atoms with van der Waals surface area (Å²) in [5.74, 6) is 2.33. The number of hydrogen-bond donors (Lipinski definition) is 2. The minimum Gasteiger partial charge on any atom is -0.352 e. The molecule has 1 aliphatic carbocycles. The number of carbonyl (C=O) groups excluding carboxylic acids is 1. The maximum Gasteiger partial charge on any atom is 0.251 e. The Morgan fingerprint density at radius 2 is 2.19 bits per heavy atom.